The van der Waals surface area contributed by atoms with Crippen molar-refractivity contribution in [1.82, 2.24) is 0 Å². The summed E-state index contributed by atoms with van der Waals surface area (Å²) in [7, 11) is 0. The van der Waals surface area contributed by atoms with Gasteiger partial charge in [0.05, 0.1) is 12.0 Å². The first-order valence-corrected chi connectivity index (χ1v) is 5.20. The molecule has 4 heteroatoms. The van der Waals surface area contributed by atoms with E-state index >= 15 is 0 Å². The Balaban J connectivity index is 0.000000606. The molecule has 1 N–H and O–H groups in total. The third-order valence-electron chi connectivity index (χ3n) is 2.10. The fourth-order valence-electron chi connectivity index (χ4n) is 1.41. The van der Waals surface area contributed by atoms with Crippen LogP contribution in [-0.2, 0) is 4.79 Å². The molecule has 1 atom stereocenters. The Labute approximate surface area is 93.9 Å². The predicted octanol–water partition coefficient (Wildman–Crippen LogP) is 2.13. The lowest BCUT2D eigenvalue weighted by Crippen LogP contribution is -2.33. The van der Waals surface area contributed by atoms with Crippen molar-refractivity contribution in [1.29, 1.82) is 0 Å². The minimum Gasteiger partial charge on any atom is -0.478 e. The lowest BCUT2D eigenvalue weighted by Gasteiger charge is -2.21. The first-order chi connectivity index (χ1) is 7.68. The van der Waals surface area contributed by atoms with Gasteiger partial charge in [0.15, 0.2) is 5.78 Å². The first kappa shape index (κ1) is 12.2. The Morgan fingerprint density at radius 1 is 1.38 bits per heavy atom. The lowest BCUT2D eigenvalue weighted by atomic mass is 10.0. The molecular weight excluding hydrogens is 208 g/mol. The summed E-state index contributed by atoms with van der Waals surface area (Å²) in [6.07, 6.45) is -1.14. The van der Waals surface area contributed by atoms with Gasteiger partial charge in [0.25, 0.3) is 0 Å². The number of rotatable bonds is 1. The Kier molecular flexibility index (Phi) is 4.05. The number of aliphatic carboxylic acids is 1. The number of ketones is 1. The molecule has 16 heavy (non-hydrogen) atoms. The number of fused-ring (bicyclic) bond motifs is 1. The molecule has 1 unspecified atom stereocenters. The summed E-state index contributed by atoms with van der Waals surface area (Å²) in [5, 5.41) is 8.70. The van der Waals surface area contributed by atoms with Crippen molar-refractivity contribution in [2.24, 2.45) is 0 Å². The smallest absolute Gasteiger partial charge is 0.345 e. The van der Waals surface area contributed by atoms with Crippen LogP contribution in [0.5, 0.6) is 5.75 Å². The molecule has 86 valence electrons. The SMILES string of the molecule is CC.O=C1CC(C(=O)O)Oc2ccccc21. The first-order valence-electron chi connectivity index (χ1n) is 5.20. The summed E-state index contributed by atoms with van der Waals surface area (Å²) < 4.78 is 5.14. The van der Waals surface area contributed by atoms with Gasteiger partial charge in [-0.3, -0.25) is 4.79 Å². The number of carboxylic acids is 1. The zero-order chi connectivity index (χ0) is 12.1. The number of carbonyl (C=O) groups excluding carboxylic acids is 1. The molecule has 1 aromatic rings. The summed E-state index contributed by atoms with van der Waals surface area (Å²) in [6, 6.07) is 6.66. The molecule has 1 heterocycles. The third-order valence-corrected chi connectivity index (χ3v) is 2.10. The second kappa shape index (κ2) is 5.30. The van der Waals surface area contributed by atoms with E-state index in [2.05, 4.69) is 0 Å². The summed E-state index contributed by atoms with van der Waals surface area (Å²) >= 11 is 0. The van der Waals surface area contributed by atoms with Crippen molar-refractivity contribution < 1.29 is 19.4 Å². The normalized spacial score (nSPS) is 17.6. The van der Waals surface area contributed by atoms with Gasteiger partial charge < -0.3 is 9.84 Å². The van der Waals surface area contributed by atoms with Gasteiger partial charge in [-0.15, -0.1) is 0 Å². The van der Waals surface area contributed by atoms with Crippen LogP contribution in [0.3, 0.4) is 0 Å². The molecule has 2 rings (SSSR count). The van der Waals surface area contributed by atoms with Crippen LogP contribution in [0.1, 0.15) is 30.6 Å². The van der Waals surface area contributed by atoms with Crippen LogP contribution in [0.4, 0.5) is 0 Å². The molecule has 0 radical (unpaired) electrons. The second-order valence-electron chi connectivity index (χ2n) is 3.07. The van der Waals surface area contributed by atoms with Crippen LogP contribution in [-0.4, -0.2) is 23.0 Å². The number of hydrogen-bond donors (Lipinski definition) is 1. The van der Waals surface area contributed by atoms with Crippen LogP contribution in [0.25, 0.3) is 0 Å². The Morgan fingerprint density at radius 3 is 2.62 bits per heavy atom. The number of ether oxygens (including phenoxy) is 1. The van der Waals surface area contributed by atoms with Crippen LogP contribution in [0, 0.1) is 0 Å². The summed E-state index contributed by atoms with van der Waals surface area (Å²) in [6.45, 7) is 4.00. The number of hydrogen-bond acceptors (Lipinski definition) is 3. The second-order valence-corrected chi connectivity index (χ2v) is 3.07. The van der Waals surface area contributed by atoms with E-state index < -0.39 is 12.1 Å². The van der Waals surface area contributed by atoms with Gasteiger partial charge in [0.1, 0.15) is 5.75 Å². The molecule has 0 aliphatic carbocycles. The summed E-state index contributed by atoms with van der Waals surface area (Å²) in [4.78, 5) is 22.1. The highest BCUT2D eigenvalue weighted by atomic mass is 16.5. The quantitative estimate of drug-likeness (QED) is 0.790. The van der Waals surface area contributed by atoms with E-state index in [0.717, 1.165) is 0 Å². The van der Waals surface area contributed by atoms with Crippen molar-refractivity contribution >= 4 is 11.8 Å². The molecule has 0 aromatic heterocycles. The minimum absolute atomic E-state index is 0.0909. The van der Waals surface area contributed by atoms with E-state index in [0.29, 0.717) is 11.3 Å². The highest BCUT2D eigenvalue weighted by Gasteiger charge is 2.30. The molecule has 4 nitrogen and oxygen atoms in total. The van der Waals surface area contributed by atoms with Crippen molar-refractivity contribution in [3.63, 3.8) is 0 Å². The molecule has 1 aromatic carbocycles. The zero-order valence-electron chi connectivity index (χ0n) is 9.27. The van der Waals surface area contributed by atoms with Gasteiger partial charge in [0.2, 0.25) is 6.10 Å². The fraction of sp³-hybridized carbons (Fsp3) is 0.333. The van der Waals surface area contributed by atoms with Crippen molar-refractivity contribution in [2.45, 2.75) is 26.4 Å². The van der Waals surface area contributed by atoms with E-state index in [1.165, 1.54) is 0 Å². The molecule has 0 fully saturated rings. The molecule has 0 saturated heterocycles. The number of carboxylic acid groups (broad SMARTS) is 1. The average molecular weight is 222 g/mol. The summed E-state index contributed by atoms with van der Waals surface area (Å²) in [5.74, 6) is -0.928. The molecule has 1 aliphatic heterocycles. The number of carbonyl (C=O) groups is 2. The van der Waals surface area contributed by atoms with Gasteiger partial charge in [-0.2, -0.15) is 0 Å². The summed E-state index contributed by atoms with van der Waals surface area (Å²) in [5.41, 5.74) is 0.463. The Morgan fingerprint density at radius 2 is 2.00 bits per heavy atom. The van der Waals surface area contributed by atoms with Crippen molar-refractivity contribution in [2.75, 3.05) is 0 Å². The molecule has 0 amide bonds. The number of para-hydroxylation sites is 1. The Hall–Kier alpha value is -1.84. The maximum atomic E-state index is 11.5. The van der Waals surface area contributed by atoms with E-state index in [1.807, 2.05) is 13.8 Å². The van der Waals surface area contributed by atoms with E-state index in [4.69, 9.17) is 9.84 Å². The van der Waals surface area contributed by atoms with Gasteiger partial charge in [-0.1, -0.05) is 26.0 Å². The number of Topliss-reactive ketones (excluding diaryl/α,β-unsaturated/α-hetero) is 1. The molecule has 1 aliphatic rings. The van der Waals surface area contributed by atoms with Gasteiger partial charge >= 0.3 is 5.97 Å². The van der Waals surface area contributed by atoms with Crippen molar-refractivity contribution in [3.8, 4) is 5.75 Å². The van der Waals surface area contributed by atoms with E-state index in [1.54, 1.807) is 24.3 Å². The molecule has 0 bridgehead atoms. The molecule has 0 saturated carbocycles. The van der Waals surface area contributed by atoms with Crippen LogP contribution >= 0.6 is 0 Å². The van der Waals surface area contributed by atoms with E-state index in [9.17, 15) is 9.59 Å². The highest BCUT2D eigenvalue weighted by Crippen LogP contribution is 2.26. The predicted molar refractivity (Wildman–Crippen MR) is 58.8 cm³/mol. The van der Waals surface area contributed by atoms with Gasteiger partial charge in [0, 0.05) is 0 Å². The molecular formula is C12H14O4. The van der Waals surface area contributed by atoms with Crippen LogP contribution in [0.15, 0.2) is 24.3 Å². The topological polar surface area (TPSA) is 63.6 Å². The maximum absolute atomic E-state index is 11.5. The van der Waals surface area contributed by atoms with Crippen molar-refractivity contribution in [3.05, 3.63) is 29.8 Å². The van der Waals surface area contributed by atoms with Crippen LogP contribution < -0.4 is 4.74 Å². The average Bonchev–Trinajstić information content (AvgIpc) is 2.31. The maximum Gasteiger partial charge on any atom is 0.345 e. The van der Waals surface area contributed by atoms with E-state index in [-0.39, 0.29) is 12.2 Å². The largest absolute Gasteiger partial charge is 0.478 e. The fourth-order valence-corrected chi connectivity index (χ4v) is 1.41. The monoisotopic (exact) mass is 222 g/mol. The standard InChI is InChI=1S/C10H8O4.C2H6/c11-7-5-9(10(12)13)14-8-4-2-1-3-6(7)8;1-2/h1-4,9H,5H2,(H,12,13);1-2H3. The molecule has 0 spiro atoms. The lowest BCUT2D eigenvalue weighted by molar-refractivity contribution is -0.145. The Bertz CT molecular complexity index is 398. The van der Waals surface area contributed by atoms with Gasteiger partial charge in [-0.25, -0.2) is 4.79 Å². The van der Waals surface area contributed by atoms with Crippen LogP contribution in [0.2, 0.25) is 0 Å². The number of benzene rings is 1. The highest BCUT2D eigenvalue weighted by molar-refractivity contribution is 6.02. The van der Waals surface area contributed by atoms with Gasteiger partial charge in [-0.05, 0) is 12.1 Å². The third kappa shape index (κ3) is 2.39. The zero-order valence-corrected chi connectivity index (χ0v) is 9.27. The minimum atomic E-state index is -1.10.